The van der Waals surface area contributed by atoms with E-state index in [-0.39, 0.29) is 10.6 Å². The lowest BCUT2D eigenvalue weighted by Gasteiger charge is -2.37. The minimum atomic E-state index is -0.929. The Hall–Kier alpha value is -1.62. The zero-order valence-electron chi connectivity index (χ0n) is 11.0. The maximum absolute atomic E-state index is 13.9. The normalized spacial score (nSPS) is 22.6. The molecule has 6 heteroatoms. The van der Waals surface area contributed by atoms with Gasteiger partial charge in [-0.25, -0.2) is 4.39 Å². The Bertz CT molecular complexity index is 549. The van der Waals surface area contributed by atoms with Gasteiger partial charge in [0.15, 0.2) is 5.82 Å². The standard InChI is InChI=1S/C14H15ClFNO3/c1-8-9(14(19)20)5-3-7-17(8)13(18)10-4-2-6-11(15)12(10)16/h2,4,6,8-9H,3,5,7H2,1H3,(H,19,20)/t8-,9-/m1/s1. The molecule has 20 heavy (non-hydrogen) atoms. The van der Waals surface area contributed by atoms with E-state index in [0.717, 1.165) is 0 Å². The van der Waals surface area contributed by atoms with Crippen LogP contribution < -0.4 is 0 Å². The van der Waals surface area contributed by atoms with Crippen LogP contribution in [0.3, 0.4) is 0 Å². The third-order valence-corrected chi connectivity index (χ3v) is 4.04. The minimum absolute atomic E-state index is 0.115. The van der Waals surface area contributed by atoms with Crippen molar-refractivity contribution >= 4 is 23.5 Å². The number of benzene rings is 1. The molecule has 4 nitrogen and oxygen atoms in total. The molecular formula is C14H15ClFNO3. The number of piperidine rings is 1. The fourth-order valence-electron chi connectivity index (χ4n) is 2.58. The van der Waals surface area contributed by atoms with E-state index in [9.17, 15) is 14.0 Å². The maximum Gasteiger partial charge on any atom is 0.308 e. The highest BCUT2D eigenvalue weighted by Gasteiger charge is 2.36. The molecule has 1 heterocycles. The van der Waals surface area contributed by atoms with Crippen LogP contribution in [0.4, 0.5) is 4.39 Å². The smallest absolute Gasteiger partial charge is 0.308 e. The highest BCUT2D eigenvalue weighted by atomic mass is 35.5. The first-order chi connectivity index (χ1) is 9.43. The second-order valence-electron chi connectivity index (χ2n) is 4.93. The van der Waals surface area contributed by atoms with Crippen molar-refractivity contribution in [2.75, 3.05) is 6.54 Å². The average Bonchev–Trinajstić information content (AvgIpc) is 2.41. The van der Waals surface area contributed by atoms with Gasteiger partial charge in [0.05, 0.1) is 16.5 Å². The van der Waals surface area contributed by atoms with Gasteiger partial charge in [0.2, 0.25) is 0 Å². The molecular weight excluding hydrogens is 285 g/mol. The van der Waals surface area contributed by atoms with E-state index < -0.39 is 29.7 Å². The number of hydrogen-bond donors (Lipinski definition) is 1. The first-order valence-electron chi connectivity index (χ1n) is 6.41. The molecule has 108 valence electrons. The molecule has 0 aromatic heterocycles. The van der Waals surface area contributed by atoms with Crippen molar-refractivity contribution in [3.63, 3.8) is 0 Å². The Kier molecular flexibility index (Phi) is 4.28. The van der Waals surface area contributed by atoms with E-state index in [1.165, 1.54) is 23.1 Å². The molecule has 0 spiro atoms. The Labute approximate surface area is 121 Å². The van der Waals surface area contributed by atoms with E-state index in [0.29, 0.717) is 19.4 Å². The lowest BCUT2D eigenvalue weighted by molar-refractivity contribution is -0.144. The van der Waals surface area contributed by atoms with Crippen LogP contribution in [0, 0.1) is 11.7 Å². The molecule has 0 bridgehead atoms. The van der Waals surface area contributed by atoms with Gasteiger partial charge in [-0.15, -0.1) is 0 Å². The first-order valence-corrected chi connectivity index (χ1v) is 6.79. The van der Waals surface area contributed by atoms with Gasteiger partial charge >= 0.3 is 5.97 Å². The second kappa shape index (κ2) is 5.79. The SMILES string of the molecule is C[C@@H]1[C@H](C(=O)O)CCCN1C(=O)c1cccc(Cl)c1F. The van der Waals surface area contributed by atoms with Crippen molar-refractivity contribution in [1.29, 1.82) is 0 Å². The van der Waals surface area contributed by atoms with E-state index in [2.05, 4.69) is 0 Å². The molecule has 0 unspecified atom stereocenters. The zero-order chi connectivity index (χ0) is 14.9. The number of carboxylic acids is 1. The van der Waals surface area contributed by atoms with Crippen LogP contribution in [-0.2, 0) is 4.79 Å². The van der Waals surface area contributed by atoms with Crippen LogP contribution in [0.25, 0.3) is 0 Å². The quantitative estimate of drug-likeness (QED) is 0.913. The van der Waals surface area contributed by atoms with Gasteiger partial charge in [0.1, 0.15) is 0 Å². The summed E-state index contributed by atoms with van der Waals surface area (Å²) in [5.74, 6) is -2.82. The Balaban J connectivity index is 2.28. The number of rotatable bonds is 2. The monoisotopic (exact) mass is 299 g/mol. The van der Waals surface area contributed by atoms with E-state index in [4.69, 9.17) is 16.7 Å². The van der Waals surface area contributed by atoms with Gasteiger partial charge in [0, 0.05) is 12.6 Å². The molecule has 1 aliphatic heterocycles. The molecule has 0 saturated carbocycles. The summed E-state index contributed by atoms with van der Waals surface area (Å²) in [6.07, 6.45) is 1.12. The third kappa shape index (κ3) is 2.63. The molecule has 1 fully saturated rings. The minimum Gasteiger partial charge on any atom is -0.481 e. The number of carbonyl (C=O) groups excluding carboxylic acids is 1. The molecule has 1 saturated heterocycles. The molecule has 1 aliphatic rings. The molecule has 2 rings (SSSR count). The number of hydrogen-bond acceptors (Lipinski definition) is 2. The first kappa shape index (κ1) is 14.8. The van der Waals surface area contributed by atoms with Crippen LogP contribution in [-0.4, -0.2) is 34.5 Å². The van der Waals surface area contributed by atoms with Crippen molar-refractivity contribution in [2.24, 2.45) is 5.92 Å². The largest absolute Gasteiger partial charge is 0.481 e. The summed E-state index contributed by atoms with van der Waals surface area (Å²) in [5.41, 5.74) is -0.115. The molecule has 0 aliphatic carbocycles. The van der Waals surface area contributed by atoms with Crippen molar-refractivity contribution in [1.82, 2.24) is 4.90 Å². The number of aliphatic carboxylic acids is 1. The number of likely N-dealkylation sites (tertiary alicyclic amines) is 1. The molecule has 0 radical (unpaired) electrons. The second-order valence-corrected chi connectivity index (χ2v) is 5.33. The van der Waals surface area contributed by atoms with E-state index in [1.54, 1.807) is 6.92 Å². The predicted molar refractivity (Wildman–Crippen MR) is 72.3 cm³/mol. The highest BCUT2D eigenvalue weighted by Crippen LogP contribution is 2.27. The van der Waals surface area contributed by atoms with Gasteiger partial charge in [0.25, 0.3) is 5.91 Å². The summed E-state index contributed by atoms with van der Waals surface area (Å²) in [7, 11) is 0. The zero-order valence-corrected chi connectivity index (χ0v) is 11.7. The summed E-state index contributed by atoms with van der Waals surface area (Å²) in [6, 6.07) is 3.77. The van der Waals surface area contributed by atoms with Gasteiger partial charge in [-0.1, -0.05) is 17.7 Å². The summed E-state index contributed by atoms with van der Waals surface area (Å²) in [6.45, 7) is 2.11. The van der Waals surface area contributed by atoms with Crippen LogP contribution in [0.15, 0.2) is 18.2 Å². The topological polar surface area (TPSA) is 57.6 Å². The number of nitrogens with zero attached hydrogens (tertiary/aromatic N) is 1. The predicted octanol–water partition coefficient (Wildman–Crippen LogP) is 2.80. The van der Waals surface area contributed by atoms with Crippen molar-refractivity contribution < 1.29 is 19.1 Å². The lowest BCUT2D eigenvalue weighted by Crippen LogP contribution is -2.49. The summed E-state index contributed by atoms with van der Waals surface area (Å²) in [5, 5.41) is 9.03. The van der Waals surface area contributed by atoms with Gasteiger partial charge in [-0.05, 0) is 31.9 Å². The van der Waals surface area contributed by atoms with Crippen molar-refractivity contribution in [2.45, 2.75) is 25.8 Å². The summed E-state index contributed by atoms with van der Waals surface area (Å²) in [4.78, 5) is 25.0. The van der Waals surface area contributed by atoms with Crippen molar-refractivity contribution in [3.8, 4) is 0 Å². The van der Waals surface area contributed by atoms with Crippen LogP contribution >= 0.6 is 11.6 Å². The van der Waals surface area contributed by atoms with Crippen LogP contribution in [0.5, 0.6) is 0 Å². The number of carbonyl (C=O) groups is 2. The summed E-state index contributed by atoms with van der Waals surface area (Å²) >= 11 is 5.67. The van der Waals surface area contributed by atoms with Gasteiger partial charge < -0.3 is 10.0 Å². The Morgan fingerprint density at radius 2 is 2.15 bits per heavy atom. The van der Waals surface area contributed by atoms with Crippen LogP contribution in [0.1, 0.15) is 30.1 Å². The van der Waals surface area contributed by atoms with E-state index >= 15 is 0 Å². The molecule has 2 atom stereocenters. The molecule has 1 amide bonds. The maximum atomic E-state index is 13.9. The van der Waals surface area contributed by atoms with Gasteiger partial charge in [-0.2, -0.15) is 0 Å². The Morgan fingerprint density at radius 3 is 2.80 bits per heavy atom. The summed E-state index contributed by atoms with van der Waals surface area (Å²) < 4.78 is 13.9. The average molecular weight is 300 g/mol. The van der Waals surface area contributed by atoms with E-state index in [1.807, 2.05) is 0 Å². The number of amides is 1. The number of carboxylic acid groups (broad SMARTS) is 1. The Morgan fingerprint density at radius 1 is 1.45 bits per heavy atom. The van der Waals surface area contributed by atoms with Crippen molar-refractivity contribution in [3.05, 3.63) is 34.6 Å². The lowest BCUT2D eigenvalue weighted by atomic mass is 9.90. The fourth-order valence-corrected chi connectivity index (χ4v) is 2.76. The third-order valence-electron chi connectivity index (χ3n) is 3.75. The highest BCUT2D eigenvalue weighted by molar-refractivity contribution is 6.31. The molecule has 1 aromatic rings. The van der Waals surface area contributed by atoms with Gasteiger partial charge in [-0.3, -0.25) is 9.59 Å². The number of halogens is 2. The molecule has 1 N–H and O–H groups in total. The van der Waals surface area contributed by atoms with Crippen LogP contribution in [0.2, 0.25) is 5.02 Å². The molecule has 1 aromatic carbocycles. The fraction of sp³-hybridized carbons (Fsp3) is 0.429.